The van der Waals surface area contributed by atoms with E-state index >= 15 is 0 Å². The summed E-state index contributed by atoms with van der Waals surface area (Å²) < 4.78 is 1.99. The van der Waals surface area contributed by atoms with Crippen LogP contribution in [-0.4, -0.2) is 14.8 Å². The van der Waals surface area contributed by atoms with Crippen LogP contribution >= 0.6 is 0 Å². The molecule has 0 saturated carbocycles. The summed E-state index contributed by atoms with van der Waals surface area (Å²) in [7, 11) is 0. The number of benzene rings is 2. The van der Waals surface area contributed by atoms with Crippen LogP contribution in [0.4, 0.5) is 0 Å². The minimum atomic E-state index is -0.298. The van der Waals surface area contributed by atoms with Crippen molar-refractivity contribution in [2.45, 2.75) is 25.3 Å². The van der Waals surface area contributed by atoms with Crippen molar-refractivity contribution in [2.75, 3.05) is 0 Å². The lowest BCUT2D eigenvalue weighted by atomic mass is 9.79. The third-order valence-corrected chi connectivity index (χ3v) is 3.92. The third-order valence-electron chi connectivity index (χ3n) is 3.92. The quantitative estimate of drug-likeness (QED) is 0.708. The molecule has 3 heteroatoms. The zero-order valence-electron chi connectivity index (χ0n) is 12.2. The minimum absolute atomic E-state index is 0.298. The molecular formula is C18H19N3. The van der Waals surface area contributed by atoms with Crippen LogP contribution in [-0.2, 0) is 5.54 Å². The van der Waals surface area contributed by atoms with Gasteiger partial charge in [-0.25, -0.2) is 9.67 Å². The van der Waals surface area contributed by atoms with E-state index < -0.39 is 0 Å². The number of hydrogen-bond donors (Lipinski definition) is 0. The van der Waals surface area contributed by atoms with Crippen molar-refractivity contribution in [3.63, 3.8) is 0 Å². The molecule has 0 spiro atoms. The Bertz CT molecular complexity index is 621. The summed E-state index contributed by atoms with van der Waals surface area (Å²) in [6, 6.07) is 21.1. The molecule has 0 aliphatic carbocycles. The molecule has 3 aromatic rings. The second kappa shape index (κ2) is 5.92. The van der Waals surface area contributed by atoms with Crippen LogP contribution in [0.25, 0.3) is 0 Å². The molecule has 0 atom stereocenters. The van der Waals surface area contributed by atoms with Crippen molar-refractivity contribution < 1.29 is 0 Å². The maximum absolute atomic E-state index is 4.47. The fourth-order valence-corrected chi connectivity index (χ4v) is 3.03. The predicted octanol–water partition coefficient (Wildman–Crippen LogP) is 3.87. The molecule has 0 aliphatic heterocycles. The summed E-state index contributed by atoms with van der Waals surface area (Å²) in [6.07, 6.45) is 5.46. The molecule has 3 nitrogen and oxygen atoms in total. The van der Waals surface area contributed by atoms with Crippen LogP contribution in [0.15, 0.2) is 73.3 Å². The topological polar surface area (TPSA) is 30.7 Å². The first kappa shape index (κ1) is 13.6. The Morgan fingerprint density at radius 2 is 1.48 bits per heavy atom. The molecule has 3 rings (SSSR count). The van der Waals surface area contributed by atoms with Gasteiger partial charge in [0, 0.05) is 0 Å². The number of aromatic nitrogens is 3. The molecule has 0 aliphatic rings. The monoisotopic (exact) mass is 277 g/mol. The van der Waals surface area contributed by atoms with E-state index in [0.717, 1.165) is 12.8 Å². The first-order valence-electron chi connectivity index (χ1n) is 7.34. The largest absolute Gasteiger partial charge is 0.238 e. The van der Waals surface area contributed by atoms with Crippen molar-refractivity contribution in [1.82, 2.24) is 14.8 Å². The molecule has 2 aromatic carbocycles. The van der Waals surface area contributed by atoms with E-state index in [2.05, 4.69) is 65.5 Å². The minimum Gasteiger partial charge on any atom is -0.238 e. The second-order valence-electron chi connectivity index (χ2n) is 5.18. The van der Waals surface area contributed by atoms with Gasteiger partial charge in [-0.2, -0.15) is 5.10 Å². The van der Waals surface area contributed by atoms with E-state index in [1.54, 1.807) is 6.33 Å². The van der Waals surface area contributed by atoms with E-state index in [-0.39, 0.29) is 5.54 Å². The van der Waals surface area contributed by atoms with Gasteiger partial charge in [-0.1, -0.05) is 74.0 Å². The Morgan fingerprint density at radius 3 is 1.90 bits per heavy atom. The highest BCUT2D eigenvalue weighted by Crippen LogP contribution is 2.37. The molecule has 0 amide bonds. The lowest BCUT2D eigenvalue weighted by Gasteiger charge is -2.35. The molecular weight excluding hydrogens is 258 g/mol. The van der Waals surface area contributed by atoms with Crippen LogP contribution in [0.1, 0.15) is 30.9 Å². The maximum atomic E-state index is 4.47. The van der Waals surface area contributed by atoms with Crippen LogP contribution in [0.2, 0.25) is 0 Å². The van der Waals surface area contributed by atoms with Gasteiger partial charge < -0.3 is 0 Å². The molecule has 0 saturated heterocycles. The van der Waals surface area contributed by atoms with Crippen LogP contribution in [0.3, 0.4) is 0 Å². The van der Waals surface area contributed by atoms with Crippen molar-refractivity contribution in [1.29, 1.82) is 0 Å². The van der Waals surface area contributed by atoms with E-state index in [1.807, 2.05) is 23.1 Å². The number of nitrogens with zero attached hydrogens (tertiary/aromatic N) is 3. The normalized spacial score (nSPS) is 11.5. The van der Waals surface area contributed by atoms with Crippen molar-refractivity contribution >= 4 is 0 Å². The molecule has 0 radical (unpaired) electrons. The second-order valence-corrected chi connectivity index (χ2v) is 5.18. The molecule has 106 valence electrons. The average molecular weight is 277 g/mol. The summed E-state index contributed by atoms with van der Waals surface area (Å²) in [5.74, 6) is 0. The van der Waals surface area contributed by atoms with Gasteiger partial charge in [0.1, 0.15) is 18.2 Å². The summed E-state index contributed by atoms with van der Waals surface area (Å²) in [5.41, 5.74) is 2.18. The molecule has 0 fully saturated rings. The maximum Gasteiger partial charge on any atom is 0.137 e. The van der Waals surface area contributed by atoms with Gasteiger partial charge in [-0.15, -0.1) is 0 Å². The van der Waals surface area contributed by atoms with Gasteiger partial charge in [-0.3, -0.25) is 0 Å². The van der Waals surface area contributed by atoms with Gasteiger partial charge in [0.25, 0.3) is 0 Å². The van der Waals surface area contributed by atoms with Gasteiger partial charge in [0.2, 0.25) is 0 Å². The summed E-state index contributed by atoms with van der Waals surface area (Å²) in [5, 5.41) is 4.47. The fourth-order valence-electron chi connectivity index (χ4n) is 3.03. The standard InChI is InChI=1S/C18H19N3/c1-2-13-18(21-15-19-14-20-21,16-9-5-3-6-10-16)17-11-7-4-8-12-17/h3-12,14-15H,2,13H2,1H3. The van der Waals surface area contributed by atoms with Crippen molar-refractivity contribution in [2.24, 2.45) is 0 Å². The lowest BCUT2D eigenvalue weighted by Crippen LogP contribution is -2.36. The zero-order chi connectivity index (χ0) is 14.5. The SMILES string of the molecule is CCCC(c1ccccc1)(c1ccccc1)n1cncn1. The Kier molecular flexibility index (Phi) is 3.82. The first-order chi connectivity index (χ1) is 10.4. The summed E-state index contributed by atoms with van der Waals surface area (Å²) in [4.78, 5) is 4.17. The highest BCUT2D eigenvalue weighted by Gasteiger charge is 2.36. The molecule has 0 unspecified atom stereocenters. The molecule has 0 N–H and O–H groups in total. The van der Waals surface area contributed by atoms with E-state index in [9.17, 15) is 0 Å². The zero-order valence-corrected chi connectivity index (χ0v) is 12.2. The van der Waals surface area contributed by atoms with E-state index in [4.69, 9.17) is 0 Å². The Hall–Kier alpha value is -2.42. The van der Waals surface area contributed by atoms with Gasteiger partial charge >= 0.3 is 0 Å². The Morgan fingerprint density at radius 1 is 0.905 bits per heavy atom. The van der Waals surface area contributed by atoms with E-state index in [0.29, 0.717) is 0 Å². The summed E-state index contributed by atoms with van der Waals surface area (Å²) in [6.45, 7) is 2.21. The van der Waals surface area contributed by atoms with Crippen molar-refractivity contribution in [3.8, 4) is 0 Å². The molecule has 21 heavy (non-hydrogen) atoms. The van der Waals surface area contributed by atoms with Gasteiger partial charge in [0.05, 0.1) is 0 Å². The van der Waals surface area contributed by atoms with E-state index in [1.165, 1.54) is 11.1 Å². The third kappa shape index (κ3) is 2.35. The number of hydrogen-bond acceptors (Lipinski definition) is 2. The van der Waals surface area contributed by atoms with Crippen LogP contribution in [0, 0.1) is 0 Å². The highest BCUT2D eigenvalue weighted by molar-refractivity contribution is 5.39. The predicted molar refractivity (Wildman–Crippen MR) is 84.0 cm³/mol. The average Bonchev–Trinajstić information content (AvgIpc) is 3.09. The van der Waals surface area contributed by atoms with Gasteiger partial charge in [0.15, 0.2) is 0 Å². The van der Waals surface area contributed by atoms with Crippen LogP contribution < -0.4 is 0 Å². The highest BCUT2D eigenvalue weighted by atomic mass is 15.4. The fraction of sp³-hybridized carbons (Fsp3) is 0.222. The Labute approximate surface area is 125 Å². The van der Waals surface area contributed by atoms with Crippen molar-refractivity contribution in [3.05, 3.63) is 84.4 Å². The van der Waals surface area contributed by atoms with Gasteiger partial charge in [-0.05, 0) is 17.5 Å². The molecule has 1 aromatic heterocycles. The smallest absolute Gasteiger partial charge is 0.137 e. The lowest BCUT2D eigenvalue weighted by molar-refractivity contribution is 0.355. The Balaban J connectivity index is 2.27. The summed E-state index contributed by atoms with van der Waals surface area (Å²) >= 11 is 0. The first-order valence-corrected chi connectivity index (χ1v) is 7.34. The molecule has 1 heterocycles. The molecule has 0 bridgehead atoms. The number of rotatable bonds is 5. The van der Waals surface area contributed by atoms with Crippen LogP contribution in [0.5, 0.6) is 0 Å².